The van der Waals surface area contributed by atoms with Crippen LogP contribution in [0.25, 0.3) is 0 Å². The van der Waals surface area contributed by atoms with Crippen molar-refractivity contribution in [2.75, 3.05) is 17.3 Å². The van der Waals surface area contributed by atoms with Crippen LogP contribution in [-0.4, -0.2) is 21.9 Å². The number of nitrogens with two attached hydrogens (primary N) is 1. The van der Waals surface area contributed by atoms with E-state index in [2.05, 4.69) is 10.4 Å². The number of aryl methyl sites for hydroxylation is 2. The molecule has 0 atom stereocenters. The van der Waals surface area contributed by atoms with E-state index < -0.39 is 0 Å². The first-order chi connectivity index (χ1) is 9.04. The molecule has 1 heterocycles. The molecule has 6 heteroatoms. The summed E-state index contributed by atoms with van der Waals surface area (Å²) in [4.78, 5) is 13.2. The Bertz CT molecular complexity index is 621. The third-order valence-corrected chi connectivity index (χ3v) is 3.65. The molecule has 0 fully saturated rings. The van der Waals surface area contributed by atoms with Gasteiger partial charge in [0, 0.05) is 11.9 Å². The van der Waals surface area contributed by atoms with Gasteiger partial charge in [-0.25, -0.2) is 0 Å². The van der Waals surface area contributed by atoms with Gasteiger partial charge in [-0.15, -0.1) is 11.8 Å². The Morgan fingerprint density at radius 1 is 1.42 bits per heavy atom. The monoisotopic (exact) mass is 276 g/mol. The first kappa shape index (κ1) is 13.5. The van der Waals surface area contributed by atoms with Gasteiger partial charge in [-0.2, -0.15) is 5.10 Å². The van der Waals surface area contributed by atoms with Gasteiger partial charge in [-0.3, -0.25) is 9.48 Å². The van der Waals surface area contributed by atoms with E-state index in [9.17, 15) is 4.79 Å². The van der Waals surface area contributed by atoms with Gasteiger partial charge in [-0.05, 0) is 25.3 Å². The van der Waals surface area contributed by atoms with Crippen LogP contribution < -0.4 is 11.1 Å². The Kier molecular flexibility index (Phi) is 3.80. The van der Waals surface area contributed by atoms with E-state index in [0.29, 0.717) is 22.8 Å². The highest BCUT2D eigenvalue weighted by molar-refractivity contribution is 7.98. The molecule has 0 bridgehead atoms. The normalized spacial score (nSPS) is 10.5. The number of nitrogens with zero attached hydrogens (tertiary/aromatic N) is 2. The fraction of sp³-hybridized carbons (Fsp3) is 0.231. The van der Waals surface area contributed by atoms with Crippen molar-refractivity contribution in [3.63, 3.8) is 0 Å². The topological polar surface area (TPSA) is 72.9 Å². The van der Waals surface area contributed by atoms with Crippen LogP contribution in [0.4, 0.5) is 11.5 Å². The average Bonchev–Trinajstić information content (AvgIpc) is 2.65. The molecule has 19 heavy (non-hydrogen) atoms. The summed E-state index contributed by atoms with van der Waals surface area (Å²) in [5, 5.41) is 6.99. The third kappa shape index (κ3) is 2.58. The SMILES string of the molecule is CSc1ccccc1C(=O)Nc1c(N)c(C)nn1C. The Morgan fingerprint density at radius 3 is 2.68 bits per heavy atom. The van der Waals surface area contributed by atoms with Gasteiger partial charge in [0.1, 0.15) is 0 Å². The molecule has 1 aromatic carbocycles. The highest BCUT2D eigenvalue weighted by atomic mass is 32.2. The standard InChI is InChI=1S/C13H16N4OS/c1-8-11(14)12(17(2)16-8)15-13(18)9-6-4-5-7-10(9)19-3/h4-7H,14H2,1-3H3,(H,15,18). The van der Waals surface area contributed by atoms with Crippen LogP contribution in [0.2, 0.25) is 0 Å². The Labute approximate surface area is 116 Å². The predicted molar refractivity (Wildman–Crippen MR) is 78.5 cm³/mol. The van der Waals surface area contributed by atoms with Crippen LogP contribution in [0, 0.1) is 6.92 Å². The van der Waals surface area contributed by atoms with Gasteiger partial charge < -0.3 is 11.1 Å². The number of thioether (sulfide) groups is 1. The number of hydrogen-bond donors (Lipinski definition) is 2. The van der Waals surface area contributed by atoms with Crippen LogP contribution in [-0.2, 0) is 7.05 Å². The molecule has 0 aliphatic carbocycles. The second-order valence-electron chi connectivity index (χ2n) is 4.13. The number of rotatable bonds is 3. The Hall–Kier alpha value is -1.95. The van der Waals surface area contributed by atoms with Crippen LogP contribution >= 0.6 is 11.8 Å². The van der Waals surface area contributed by atoms with E-state index in [1.807, 2.05) is 24.5 Å². The molecule has 2 rings (SSSR count). The highest BCUT2D eigenvalue weighted by Gasteiger charge is 2.16. The maximum absolute atomic E-state index is 12.3. The summed E-state index contributed by atoms with van der Waals surface area (Å²) >= 11 is 1.53. The van der Waals surface area contributed by atoms with Crippen molar-refractivity contribution < 1.29 is 4.79 Å². The van der Waals surface area contributed by atoms with Crippen LogP contribution in [0.15, 0.2) is 29.2 Å². The number of nitrogen functional groups attached to an aromatic ring is 1. The lowest BCUT2D eigenvalue weighted by molar-refractivity contribution is 0.102. The van der Waals surface area contributed by atoms with Crippen LogP contribution in [0.5, 0.6) is 0 Å². The summed E-state index contributed by atoms with van der Waals surface area (Å²) in [6.45, 7) is 1.81. The minimum atomic E-state index is -0.181. The van der Waals surface area contributed by atoms with E-state index in [4.69, 9.17) is 5.73 Å². The number of nitrogens with one attached hydrogen (secondary N) is 1. The van der Waals surface area contributed by atoms with Crippen molar-refractivity contribution >= 4 is 29.2 Å². The van der Waals surface area contributed by atoms with Crippen molar-refractivity contribution in [3.05, 3.63) is 35.5 Å². The van der Waals surface area contributed by atoms with Gasteiger partial charge in [0.05, 0.1) is 16.9 Å². The maximum atomic E-state index is 12.3. The average molecular weight is 276 g/mol. The fourth-order valence-corrected chi connectivity index (χ4v) is 2.43. The molecule has 0 unspecified atom stereocenters. The molecular formula is C13H16N4OS. The second kappa shape index (κ2) is 5.36. The van der Waals surface area contributed by atoms with E-state index in [0.717, 1.165) is 4.90 Å². The number of anilines is 2. The zero-order valence-electron chi connectivity index (χ0n) is 11.1. The van der Waals surface area contributed by atoms with Gasteiger partial charge >= 0.3 is 0 Å². The lowest BCUT2D eigenvalue weighted by Gasteiger charge is -2.09. The molecule has 5 nitrogen and oxygen atoms in total. The Balaban J connectivity index is 2.31. The first-order valence-corrected chi connectivity index (χ1v) is 7.00. The van der Waals surface area contributed by atoms with Gasteiger partial charge in [0.25, 0.3) is 5.91 Å². The quantitative estimate of drug-likeness (QED) is 0.844. The number of carbonyl (C=O) groups is 1. The van der Waals surface area contributed by atoms with Gasteiger partial charge in [-0.1, -0.05) is 12.1 Å². The second-order valence-corrected chi connectivity index (χ2v) is 4.97. The maximum Gasteiger partial charge on any atom is 0.258 e. The molecule has 0 radical (unpaired) electrons. The molecule has 2 aromatic rings. The summed E-state index contributed by atoms with van der Waals surface area (Å²) < 4.78 is 1.57. The van der Waals surface area contributed by atoms with Crippen molar-refractivity contribution in [1.82, 2.24) is 9.78 Å². The van der Waals surface area contributed by atoms with E-state index in [1.165, 1.54) is 11.8 Å². The number of amides is 1. The summed E-state index contributed by atoms with van der Waals surface area (Å²) in [5.41, 5.74) is 7.73. The summed E-state index contributed by atoms with van der Waals surface area (Å²) in [5.74, 6) is 0.345. The lowest BCUT2D eigenvalue weighted by atomic mass is 10.2. The molecule has 3 N–H and O–H groups in total. The number of hydrogen-bond acceptors (Lipinski definition) is 4. The van der Waals surface area contributed by atoms with Crippen molar-refractivity contribution in [3.8, 4) is 0 Å². The minimum absolute atomic E-state index is 0.181. The number of carbonyl (C=O) groups excluding carboxylic acids is 1. The fourth-order valence-electron chi connectivity index (χ4n) is 1.83. The zero-order chi connectivity index (χ0) is 14.0. The first-order valence-electron chi connectivity index (χ1n) is 5.78. The summed E-state index contributed by atoms with van der Waals surface area (Å²) in [7, 11) is 1.75. The van der Waals surface area contributed by atoms with E-state index in [-0.39, 0.29) is 5.91 Å². The van der Waals surface area contributed by atoms with Gasteiger partial charge in [0.2, 0.25) is 0 Å². The molecule has 0 aliphatic rings. The summed E-state index contributed by atoms with van der Waals surface area (Å²) in [6, 6.07) is 7.45. The molecule has 0 saturated heterocycles. The smallest absolute Gasteiger partial charge is 0.258 e. The summed E-state index contributed by atoms with van der Waals surface area (Å²) in [6.07, 6.45) is 1.94. The zero-order valence-corrected chi connectivity index (χ0v) is 11.9. The van der Waals surface area contributed by atoms with Crippen molar-refractivity contribution in [2.45, 2.75) is 11.8 Å². The molecule has 0 saturated carbocycles. The third-order valence-electron chi connectivity index (χ3n) is 2.85. The van der Waals surface area contributed by atoms with Crippen molar-refractivity contribution in [1.29, 1.82) is 0 Å². The van der Waals surface area contributed by atoms with E-state index in [1.54, 1.807) is 24.7 Å². The molecule has 0 aliphatic heterocycles. The Morgan fingerprint density at radius 2 is 2.11 bits per heavy atom. The minimum Gasteiger partial charge on any atom is -0.394 e. The van der Waals surface area contributed by atoms with Crippen LogP contribution in [0.3, 0.4) is 0 Å². The van der Waals surface area contributed by atoms with Crippen molar-refractivity contribution in [2.24, 2.45) is 7.05 Å². The predicted octanol–water partition coefficient (Wildman–Crippen LogP) is 2.28. The largest absolute Gasteiger partial charge is 0.394 e. The molecule has 1 amide bonds. The molecule has 100 valence electrons. The molecule has 1 aromatic heterocycles. The number of benzene rings is 1. The molecule has 0 spiro atoms. The molecular weight excluding hydrogens is 260 g/mol. The highest BCUT2D eigenvalue weighted by Crippen LogP contribution is 2.24. The number of aromatic nitrogens is 2. The lowest BCUT2D eigenvalue weighted by Crippen LogP contribution is -2.16. The van der Waals surface area contributed by atoms with Gasteiger partial charge in [0.15, 0.2) is 5.82 Å². The van der Waals surface area contributed by atoms with Crippen LogP contribution in [0.1, 0.15) is 16.1 Å². The van der Waals surface area contributed by atoms with E-state index >= 15 is 0 Å².